The van der Waals surface area contributed by atoms with E-state index in [2.05, 4.69) is 34.7 Å². The zero-order valence-corrected chi connectivity index (χ0v) is 14.0. The Morgan fingerprint density at radius 3 is 2.20 bits per heavy atom. The molecule has 0 aliphatic heterocycles. The summed E-state index contributed by atoms with van der Waals surface area (Å²) in [6, 6.07) is 11.9. The quantitative estimate of drug-likeness (QED) is 0.820. The van der Waals surface area contributed by atoms with E-state index in [0.717, 1.165) is 26.0 Å². The van der Waals surface area contributed by atoms with E-state index in [9.17, 15) is 0 Å². The molecule has 2 N–H and O–H groups in total. The van der Waals surface area contributed by atoms with Gasteiger partial charge in [-0.15, -0.1) is 0 Å². The van der Waals surface area contributed by atoms with Crippen molar-refractivity contribution in [3.05, 3.63) is 56.7 Å². The van der Waals surface area contributed by atoms with Gasteiger partial charge in [-0.25, -0.2) is 0 Å². The van der Waals surface area contributed by atoms with Crippen molar-refractivity contribution in [1.82, 2.24) is 0 Å². The van der Waals surface area contributed by atoms with Crippen molar-refractivity contribution in [3.63, 3.8) is 0 Å². The van der Waals surface area contributed by atoms with E-state index in [1.54, 1.807) is 14.2 Å². The van der Waals surface area contributed by atoms with E-state index in [1.165, 1.54) is 0 Å². The molecule has 0 heterocycles. The van der Waals surface area contributed by atoms with Crippen molar-refractivity contribution in [3.8, 4) is 11.5 Å². The van der Waals surface area contributed by atoms with E-state index in [1.807, 2.05) is 31.2 Å². The Morgan fingerprint density at radius 1 is 1.00 bits per heavy atom. The summed E-state index contributed by atoms with van der Waals surface area (Å²) in [6.07, 6.45) is 0. The smallest absolute Gasteiger partial charge is 0.161 e. The van der Waals surface area contributed by atoms with Gasteiger partial charge in [0.1, 0.15) is 0 Å². The highest BCUT2D eigenvalue weighted by Crippen LogP contribution is 2.35. The lowest BCUT2D eigenvalue weighted by Crippen LogP contribution is -2.15. The SMILES string of the molecule is COc1cc(C)c(C(N)c2ccccc2I)cc1OC. The zero-order chi connectivity index (χ0) is 14.7. The van der Waals surface area contributed by atoms with E-state index in [-0.39, 0.29) is 6.04 Å². The summed E-state index contributed by atoms with van der Waals surface area (Å²) >= 11 is 2.31. The Balaban J connectivity index is 2.50. The molecule has 0 radical (unpaired) electrons. The number of hydrogen-bond donors (Lipinski definition) is 1. The minimum absolute atomic E-state index is 0.178. The minimum Gasteiger partial charge on any atom is -0.493 e. The van der Waals surface area contributed by atoms with Gasteiger partial charge in [0.2, 0.25) is 0 Å². The molecule has 0 aliphatic carbocycles. The van der Waals surface area contributed by atoms with Crippen molar-refractivity contribution < 1.29 is 9.47 Å². The van der Waals surface area contributed by atoms with Gasteiger partial charge in [0, 0.05) is 3.57 Å². The molecule has 0 fully saturated rings. The van der Waals surface area contributed by atoms with Gasteiger partial charge in [-0.05, 0) is 64.4 Å². The van der Waals surface area contributed by atoms with Gasteiger partial charge >= 0.3 is 0 Å². The third-order valence-corrected chi connectivity index (χ3v) is 4.33. The molecule has 2 rings (SSSR count). The number of methoxy groups -OCH3 is 2. The molecule has 0 amide bonds. The zero-order valence-electron chi connectivity index (χ0n) is 11.8. The molecule has 1 atom stereocenters. The highest BCUT2D eigenvalue weighted by Gasteiger charge is 2.17. The van der Waals surface area contributed by atoms with Gasteiger partial charge in [-0.2, -0.15) is 0 Å². The molecule has 0 saturated carbocycles. The first-order valence-electron chi connectivity index (χ1n) is 6.31. The van der Waals surface area contributed by atoms with Crippen LogP contribution in [0.3, 0.4) is 0 Å². The average Bonchev–Trinajstić information content (AvgIpc) is 2.46. The second kappa shape index (κ2) is 6.45. The third kappa shape index (κ3) is 2.91. The molecule has 0 bridgehead atoms. The lowest BCUT2D eigenvalue weighted by molar-refractivity contribution is 0.354. The number of benzene rings is 2. The molecular weight excluding hydrogens is 365 g/mol. The van der Waals surface area contributed by atoms with Crippen LogP contribution in [-0.2, 0) is 0 Å². The van der Waals surface area contributed by atoms with Crippen molar-refractivity contribution in [1.29, 1.82) is 0 Å². The molecule has 2 aromatic rings. The molecule has 0 spiro atoms. The predicted molar refractivity (Wildman–Crippen MR) is 89.5 cm³/mol. The van der Waals surface area contributed by atoms with Crippen LogP contribution in [-0.4, -0.2) is 14.2 Å². The average molecular weight is 383 g/mol. The normalized spacial score (nSPS) is 12.1. The Kier molecular flexibility index (Phi) is 4.88. The first-order chi connectivity index (χ1) is 9.58. The van der Waals surface area contributed by atoms with Gasteiger partial charge in [0.05, 0.1) is 20.3 Å². The van der Waals surface area contributed by atoms with Crippen LogP contribution < -0.4 is 15.2 Å². The summed E-state index contributed by atoms with van der Waals surface area (Å²) in [5, 5.41) is 0. The molecule has 2 aromatic carbocycles. The highest BCUT2D eigenvalue weighted by atomic mass is 127. The van der Waals surface area contributed by atoms with Crippen molar-refractivity contribution in [2.24, 2.45) is 5.73 Å². The number of rotatable bonds is 4. The fourth-order valence-electron chi connectivity index (χ4n) is 2.23. The van der Waals surface area contributed by atoms with Gasteiger partial charge in [0.15, 0.2) is 11.5 Å². The molecule has 20 heavy (non-hydrogen) atoms. The van der Waals surface area contributed by atoms with Crippen LogP contribution in [0.4, 0.5) is 0 Å². The molecular formula is C16H18INO2. The van der Waals surface area contributed by atoms with Crippen LogP contribution in [0.25, 0.3) is 0 Å². The topological polar surface area (TPSA) is 44.5 Å². The lowest BCUT2D eigenvalue weighted by Gasteiger charge is -2.19. The maximum atomic E-state index is 6.43. The first kappa shape index (κ1) is 15.1. The second-order valence-electron chi connectivity index (χ2n) is 4.56. The van der Waals surface area contributed by atoms with Gasteiger partial charge in [-0.1, -0.05) is 18.2 Å². The van der Waals surface area contributed by atoms with Crippen LogP contribution in [0.5, 0.6) is 11.5 Å². The molecule has 106 valence electrons. The summed E-state index contributed by atoms with van der Waals surface area (Å²) < 4.78 is 11.8. The summed E-state index contributed by atoms with van der Waals surface area (Å²) in [7, 11) is 3.27. The highest BCUT2D eigenvalue weighted by molar-refractivity contribution is 14.1. The fourth-order valence-corrected chi connectivity index (χ4v) is 2.95. The number of nitrogens with two attached hydrogens (primary N) is 1. The summed E-state index contributed by atoms with van der Waals surface area (Å²) in [5.74, 6) is 1.43. The third-order valence-electron chi connectivity index (χ3n) is 3.35. The van der Waals surface area contributed by atoms with Crippen molar-refractivity contribution in [2.75, 3.05) is 14.2 Å². The molecule has 0 aliphatic rings. The van der Waals surface area contributed by atoms with E-state index in [4.69, 9.17) is 15.2 Å². The Bertz CT molecular complexity index is 613. The standard InChI is InChI=1S/C16H18INO2/c1-10-8-14(19-2)15(20-3)9-12(10)16(18)11-6-4-5-7-13(11)17/h4-9,16H,18H2,1-3H3. The molecule has 0 saturated heterocycles. The predicted octanol–water partition coefficient (Wildman–Crippen LogP) is 3.66. The summed E-state index contributed by atoms with van der Waals surface area (Å²) in [5.41, 5.74) is 9.69. The van der Waals surface area contributed by atoms with E-state index < -0.39 is 0 Å². The van der Waals surface area contributed by atoms with Gasteiger partial charge in [0.25, 0.3) is 0 Å². The van der Waals surface area contributed by atoms with Crippen LogP contribution in [0.15, 0.2) is 36.4 Å². The minimum atomic E-state index is -0.178. The Labute approximate surface area is 133 Å². The molecule has 0 aromatic heterocycles. The lowest BCUT2D eigenvalue weighted by atomic mass is 9.95. The summed E-state index contributed by atoms with van der Waals surface area (Å²) in [4.78, 5) is 0. The largest absolute Gasteiger partial charge is 0.493 e. The second-order valence-corrected chi connectivity index (χ2v) is 5.73. The van der Waals surface area contributed by atoms with Crippen LogP contribution in [0.2, 0.25) is 0 Å². The number of ether oxygens (including phenoxy) is 2. The van der Waals surface area contributed by atoms with Crippen LogP contribution in [0.1, 0.15) is 22.7 Å². The molecule has 4 heteroatoms. The van der Waals surface area contributed by atoms with Gasteiger partial charge in [-0.3, -0.25) is 0 Å². The Morgan fingerprint density at radius 2 is 1.60 bits per heavy atom. The van der Waals surface area contributed by atoms with Gasteiger partial charge < -0.3 is 15.2 Å². The monoisotopic (exact) mass is 383 g/mol. The first-order valence-corrected chi connectivity index (χ1v) is 7.39. The van der Waals surface area contributed by atoms with E-state index >= 15 is 0 Å². The number of aryl methyl sites for hydroxylation is 1. The van der Waals surface area contributed by atoms with Crippen molar-refractivity contribution >= 4 is 22.6 Å². The maximum Gasteiger partial charge on any atom is 0.161 e. The van der Waals surface area contributed by atoms with Crippen LogP contribution >= 0.6 is 22.6 Å². The summed E-state index contributed by atoms with van der Waals surface area (Å²) in [6.45, 7) is 2.03. The number of halogens is 1. The maximum absolute atomic E-state index is 6.43. The number of hydrogen-bond acceptors (Lipinski definition) is 3. The molecule has 1 unspecified atom stereocenters. The van der Waals surface area contributed by atoms with Crippen LogP contribution in [0, 0.1) is 10.5 Å². The fraction of sp³-hybridized carbons (Fsp3) is 0.250. The molecule has 3 nitrogen and oxygen atoms in total. The van der Waals surface area contributed by atoms with Crippen molar-refractivity contribution in [2.45, 2.75) is 13.0 Å². The van der Waals surface area contributed by atoms with E-state index in [0.29, 0.717) is 5.75 Å². The Hall–Kier alpha value is -1.27.